The zero-order valence-corrected chi connectivity index (χ0v) is 14.5. The van der Waals surface area contributed by atoms with Crippen LogP contribution in [0.2, 0.25) is 0 Å². The van der Waals surface area contributed by atoms with E-state index < -0.39 is 0 Å². The summed E-state index contributed by atoms with van der Waals surface area (Å²) in [4.78, 5) is 8.78. The third-order valence-corrected chi connectivity index (χ3v) is 3.46. The minimum absolute atomic E-state index is 0.182. The first kappa shape index (κ1) is 15.4. The number of hydrogen-bond donors (Lipinski definition) is 1. The lowest BCUT2D eigenvalue weighted by Gasteiger charge is -2.18. The SMILES string of the molecule is CC(C)(C)c1nc(Br)cc(Nc2ccc(Br)cc2F)n1. The summed E-state index contributed by atoms with van der Waals surface area (Å²) >= 11 is 6.59. The van der Waals surface area contributed by atoms with Gasteiger partial charge in [-0.05, 0) is 34.1 Å². The van der Waals surface area contributed by atoms with Crippen LogP contribution in [0, 0.1) is 5.82 Å². The molecule has 2 aromatic rings. The molecule has 106 valence electrons. The molecule has 0 aliphatic heterocycles. The van der Waals surface area contributed by atoms with Crippen molar-refractivity contribution in [2.24, 2.45) is 0 Å². The molecule has 1 aromatic carbocycles. The zero-order chi connectivity index (χ0) is 14.9. The second kappa shape index (κ2) is 5.77. The lowest BCUT2D eigenvalue weighted by atomic mass is 9.96. The molecule has 0 saturated carbocycles. The van der Waals surface area contributed by atoms with Crippen LogP contribution in [0.3, 0.4) is 0 Å². The molecule has 0 aliphatic carbocycles. The van der Waals surface area contributed by atoms with Crippen molar-refractivity contribution in [1.82, 2.24) is 9.97 Å². The number of benzene rings is 1. The van der Waals surface area contributed by atoms with Gasteiger partial charge < -0.3 is 5.32 Å². The van der Waals surface area contributed by atoms with Crippen molar-refractivity contribution >= 4 is 43.4 Å². The van der Waals surface area contributed by atoms with E-state index in [4.69, 9.17) is 0 Å². The van der Waals surface area contributed by atoms with Crippen LogP contribution in [0.5, 0.6) is 0 Å². The van der Waals surface area contributed by atoms with Crippen LogP contribution in [-0.2, 0) is 5.41 Å². The van der Waals surface area contributed by atoms with Gasteiger partial charge in [0, 0.05) is 16.0 Å². The van der Waals surface area contributed by atoms with Gasteiger partial charge >= 0.3 is 0 Å². The Morgan fingerprint density at radius 3 is 2.40 bits per heavy atom. The van der Waals surface area contributed by atoms with Gasteiger partial charge in [-0.3, -0.25) is 0 Å². The highest BCUT2D eigenvalue weighted by Gasteiger charge is 2.19. The second-order valence-corrected chi connectivity index (χ2v) is 7.13. The molecule has 0 unspecified atom stereocenters. The van der Waals surface area contributed by atoms with Gasteiger partial charge in [-0.2, -0.15) is 0 Å². The smallest absolute Gasteiger partial charge is 0.147 e. The average molecular weight is 403 g/mol. The minimum Gasteiger partial charge on any atom is -0.338 e. The van der Waals surface area contributed by atoms with Gasteiger partial charge in [0.25, 0.3) is 0 Å². The van der Waals surface area contributed by atoms with Gasteiger partial charge in [0.2, 0.25) is 0 Å². The van der Waals surface area contributed by atoms with Crippen molar-refractivity contribution in [1.29, 1.82) is 0 Å². The molecule has 0 bridgehead atoms. The highest BCUT2D eigenvalue weighted by atomic mass is 79.9. The van der Waals surface area contributed by atoms with Crippen molar-refractivity contribution in [3.8, 4) is 0 Å². The summed E-state index contributed by atoms with van der Waals surface area (Å²) < 4.78 is 15.2. The Hall–Kier alpha value is -1.01. The molecule has 0 spiro atoms. The van der Waals surface area contributed by atoms with Gasteiger partial charge in [-0.1, -0.05) is 36.7 Å². The normalized spacial score (nSPS) is 11.5. The number of rotatable bonds is 2. The molecule has 2 rings (SSSR count). The first-order chi connectivity index (χ1) is 9.25. The summed E-state index contributed by atoms with van der Waals surface area (Å²) in [6.45, 7) is 6.08. The molecule has 0 saturated heterocycles. The summed E-state index contributed by atoms with van der Waals surface area (Å²) in [6.07, 6.45) is 0. The maximum absolute atomic E-state index is 13.8. The average Bonchev–Trinajstić information content (AvgIpc) is 2.31. The van der Waals surface area contributed by atoms with Crippen molar-refractivity contribution in [2.45, 2.75) is 26.2 Å². The monoisotopic (exact) mass is 401 g/mol. The number of anilines is 2. The molecule has 6 heteroatoms. The Labute approximate surface area is 134 Å². The predicted octanol–water partition coefficient (Wildman–Crippen LogP) is 5.18. The fourth-order valence-electron chi connectivity index (χ4n) is 1.55. The van der Waals surface area contributed by atoms with Crippen LogP contribution in [0.25, 0.3) is 0 Å². The molecule has 3 nitrogen and oxygen atoms in total. The molecule has 0 fully saturated rings. The maximum atomic E-state index is 13.8. The number of halogens is 3. The van der Waals surface area contributed by atoms with E-state index in [1.54, 1.807) is 18.2 Å². The highest BCUT2D eigenvalue weighted by molar-refractivity contribution is 9.10. The lowest BCUT2D eigenvalue weighted by molar-refractivity contribution is 0.544. The topological polar surface area (TPSA) is 37.8 Å². The molecule has 1 heterocycles. The Bertz CT molecular complexity index is 639. The Morgan fingerprint density at radius 1 is 1.10 bits per heavy atom. The standard InChI is InChI=1S/C14H14Br2FN3/c1-14(2,3)13-19-11(16)7-12(20-13)18-10-5-4-8(15)6-9(10)17/h4-7H,1-3H3,(H,18,19,20). The summed E-state index contributed by atoms with van der Waals surface area (Å²) in [5.41, 5.74) is 0.192. The van der Waals surface area contributed by atoms with Crippen molar-refractivity contribution in [3.63, 3.8) is 0 Å². The van der Waals surface area contributed by atoms with Gasteiger partial charge in [-0.25, -0.2) is 14.4 Å². The number of nitrogens with one attached hydrogen (secondary N) is 1. The molecular weight excluding hydrogens is 389 g/mol. The molecule has 20 heavy (non-hydrogen) atoms. The van der Waals surface area contributed by atoms with E-state index in [1.165, 1.54) is 6.07 Å². The predicted molar refractivity (Wildman–Crippen MR) is 85.8 cm³/mol. The van der Waals surface area contributed by atoms with E-state index in [0.717, 1.165) is 0 Å². The molecule has 1 aromatic heterocycles. The maximum Gasteiger partial charge on any atom is 0.147 e. The van der Waals surface area contributed by atoms with E-state index in [0.29, 0.717) is 26.4 Å². The molecule has 0 amide bonds. The molecule has 1 N–H and O–H groups in total. The van der Waals surface area contributed by atoms with Gasteiger partial charge in [-0.15, -0.1) is 0 Å². The quantitative estimate of drug-likeness (QED) is 0.703. The van der Waals surface area contributed by atoms with Crippen LogP contribution < -0.4 is 5.32 Å². The zero-order valence-electron chi connectivity index (χ0n) is 11.3. The highest BCUT2D eigenvalue weighted by Crippen LogP contribution is 2.26. The molecule has 0 radical (unpaired) electrons. The number of aromatic nitrogens is 2. The van der Waals surface area contributed by atoms with Crippen LogP contribution >= 0.6 is 31.9 Å². The van der Waals surface area contributed by atoms with Crippen molar-refractivity contribution in [2.75, 3.05) is 5.32 Å². The van der Waals surface area contributed by atoms with Crippen molar-refractivity contribution < 1.29 is 4.39 Å². The summed E-state index contributed by atoms with van der Waals surface area (Å²) in [5.74, 6) is 0.899. The molecule has 0 atom stereocenters. The van der Waals surface area contributed by atoms with Crippen molar-refractivity contribution in [3.05, 3.63) is 45.0 Å². The first-order valence-corrected chi connectivity index (χ1v) is 7.61. The van der Waals surface area contributed by atoms with Gasteiger partial charge in [0.05, 0.1) is 5.69 Å². The first-order valence-electron chi connectivity index (χ1n) is 6.03. The third kappa shape index (κ3) is 3.76. The molecule has 0 aliphatic rings. The van der Waals surface area contributed by atoms with E-state index in [2.05, 4.69) is 47.1 Å². The van der Waals surface area contributed by atoms with E-state index >= 15 is 0 Å². The molecular formula is C14H14Br2FN3. The Balaban J connectivity index is 2.36. The van der Waals surface area contributed by atoms with Gasteiger partial charge in [0.15, 0.2) is 0 Å². The summed E-state index contributed by atoms with van der Waals surface area (Å²) in [5, 5.41) is 2.98. The van der Waals surface area contributed by atoms with E-state index in [1.807, 2.05) is 20.8 Å². The minimum atomic E-state index is -0.341. The van der Waals surface area contributed by atoms with E-state index in [-0.39, 0.29) is 11.2 Å². The van der Waals surface area contributed by atoms with Gasteiger partial charge in [0.1, 0.15) is 22.1 Å². The van der Waals surface area contributed by atoms with E-state index in [9.17, 15) is 4.39 Å². The third-order valence-electron chi connectivity index (χ3n) is 2.56. The Morgan fingerprint density at radius 2 is 1.80 bits per heavy atom. The fraction of sp³-hybridized carbons (Fsp3) is 0.286. The number of hydrogen-bond acceptors (Lipinski definition) is 3. The lowest BCUT2D eigenvalue weighted by Crippen LogP contribution is -2.17. The van der Waals surface area contributed by atoms with Crippen LogP contribution in [-0.4, -0.2) is 9.97 Å². The Kier molecular flexibility index (Phi) is 4.44. The summed E-state index contributed by atoms with van der Waals surface area (Å²) in [7, 11) is 0. The number of nitrogens with zero attached hydrogens (tertiary/aromatic N) is 2. The van der Waals surface area contributed by atoms with Crippen LogP contribution in [0.4, 0.5) is 15.9 Å². The van der Waals surface area contributed by atoms with Crippen LogP contribution in [0.15, 0.2) is 33.3 Å². The van der Waals surface area contributed by atoms with Crippen LogP contribution in [0.1, 0.15) is 26.6 Å². The fourth-order valence-corrected chi connectivity index (χ4v) is 2.26. The second-order valence-electron chi connectivity index (χ2n) is 5.40. The summed E-state index contributed by atoms with van der Waals surface area (Å²) in [6, 6.07) is 6.55. The largest absolute Gasteiger partial charge is 0.338 e.